The van der Waals surface area contributed by atoms with Crippen molar-refractivity contribution in [3.05, 3.63) is 24.5 Å². The summed E-state index contributed by atoms with van der Waals surface area (Å²) in [5, 5.41) is 0. The van der Waals surface area contributed by atoms with Crippen molar-refractivity contribution in [2.24, 2.45) is 5.92 Å². The van der Waals surface area contributed by atoms with E-state index in [1.807, 2.05) is 6.26 Å². The van der Waals surface area contributed by atoms with E-state index in [-0.39, 0.29) is 0 Å². The van der Waals surface area contributed by atoms with Gasteiger partial charge in [-0.2, -0.15) is 0 Å². The predicted octanol–water partition coefficient (Wildman–Crippen LogP) is 4.84. The van der Waals surface area contributed by atoms with Crippen LogP contribution in [0.5, 0.6) is 0 Å². The van der Waals surface area contributed by atoms with Crippen molar-refractivity contribution in [2.75, 3.05) is 0 Å². The second-order valence-corrected chi connectivity index (χ2v) is 5.10. The van der Waals surface area contributed by atoms with E-state index in [1.165, 1.54) is 38.5 Å². The molecule has 1 aliphatic carbocycles. The van der Waals surface area contributed by atoms with Gasteiger partial charge in [0.1, 0.15) is 0 Å². The van der Waals surface area contributed by atoms with Crippen LogP contribution in [-0.4, -0.2) is 6.10 Å². The lowest BCUT2D eigenvalue weighted by molar-refractivity contribution is 0.106. The highest BCUT2D eigenvalue weighted by Crippen LogP contribution is 2.20. The Bertz CT molecular complexity index is 209. The molecule has 0 atom stereocenters. The van der Waals surface area contributed by atoms with Gasteiger partial charge in [-0.25, -0.2) is 0 Å². The van der Waals surface area contributed by atoms with Crippen molar-refractivity contribution in [1.29, 1.82) is 0 Å². The Morgan fingerprint density at radius 3 is 2.50 bits per heavy atom. The van der Waals surface area contributed by atoms with Crippen LogP contribution in [0.1, 0.15) is 58.8 Å². The molecule has 0 spiro atoms. The summed E-state index contributed by atoms with van der Waals surface area (Å²) >= 11 is 0. The first-order valence-corrected chi connectivity index (χ1v) is 6.74. The third-order valence-electron chi connectivity index (χ3n) is 2.97. The minimum Gasteiger partial charge on any atom is -0.498 e. The molecule has 0 N–H and O–H groups in total. The third kappa shape index (κ3) is 6.71. The van der Waals surface area contributed by atoms with Gasteiger partial charge >= 0.3 is 0 Å². The fourth-order valence-corrected chi connectivity index (χ4v) is 1.97. The highest BCUT2D eigenvalue weighted by Gasteiger charge is 2.12. The monoisotopic (exact) mass is 222 g/mol. The van der Waals surface area contributed by atoms with Gasteiger partial charge in [0, 0.05) is 0 Å². The summed E-state index contributed by atoms with van der Waals surface area (Å²) in [5.74, 6) is 0.763. The number of hydrogen-bond acceptors (Lipinski definition) is 1. The fourth-order valence-electron chi connectivity index (χ4n) is 1.97. The molecule has 0 bridgehead atoms. The van der Waals surface area contributed by atoms with Gasteiger partial charge in [0.05, 0.1) is 12.4 Å². The molecule has 0 aromatic heterocycles. The Morgan fingerprint density at radius 1 is 1.06 bits per heavy atom. The van der Waals surface area contributed by atoms with Crippen LogP contribution >= 0.6 is 0 Å². The molecular weight excluding hydrogens is 196 g/mol. The minimum atomic E-state index is 0.490. The van der Waals surface area contributed by atoms with Gasteiger partial charge in [-0.3, -0.25) is 0 Å². The van der Waals surface area contributed by atoms with Crippen LogP contribution in [0.3, 0.4) is 0 Å². The quantitative estimate of drug-likeness (QED) is 0.461. The van der Waals surface area contributed by atoms with E-state index in [1.54, 1.807) is 0 Å². The molecule has 0 aromatic rings. The topological polar surface area (TPSA) is 9.23 Å². The van der Waals surface area contributed by atoms with Gasteiger partial charge in [-0.05, 0) is 50.5 Å². The molecule has 0 amide bonds. The molecule has 1 heteroatoms. The molecule has 0 aromatic carbocycles. The Kier molecular flexibility index (Phi) is 7.03. The summed E-state index contributed by atoms with van der Waals surface area (Å²) in [4.78, 5) is 0. The molecule has 16 heavy (non-hydrogen) atoms. The van der Waals surface area contributed by atoms with E-state index < -0.39 is 0 Å². The molecule has 1 aliphatic rings. The zero-order valence-electron chi connectivity index (χ0n) is 10.8. The smallest absolute Gasteiger partial charge is 0.0978 e. The van der Waals surface area contributed by atoms with Gasteiger partial charge in [0.15, 0.2) is 0 Å². The highest BCUT2D eigenvalue weighted by molar-refractivity contribution is 4.90. The Balaban J connectivity index is 2.01. The molecule has 1 saturated carbocycles. The van der Waals surface area contributed by atoms with E-state index in [0.29, 0.717) is 6.10 Å². The number of hydrogen-bond donors (Lipinski definition) is 0. The Hall–Kier alpha value is -0.720. The maximum absolute atomic E-state index is 5.70. The van der Waals surface area contributed by atoms with Crippen molar-refractivity contribution < 1.29 is 4.74 Å². The predicted molar refractivity (Wildman–Crippen MR) is 70.3 cm³/mol. The molecule has 0 aliphatic heterocycles. The van der Waals surface area contributed by atoms with Crippen molar-refractivity contribution in [1.82, 2.24) is 0 Å². The van der Waals surface area contributed by atoms with Gasteiger partial charge in [-0.15, -0.1) is 0 Å². The number of rotatable bonds is 6. The van der Waals surface area contributed by atoms with Gasteiger partial charge < -0.3 is 4.74 Å². The van der Waals surface area contributed by atoms with Crippen molar-refractivity contribution in [2.45, 2.75) is 64.9 Å². The highest BCUT2D eigenvalue weighted by atomic mass is 16.5. The normalized spacial score (nSPS) is 18.9. The summed E-state index contributed by atoms with van der Waals surface area (Å²) in [6.45, 7) is 4.48. The maximum atomic E-state index is 5.70. The summed E-state index contributed by atoms with van der Waals surface area (Å²) < 4.78 is 5.70. The fraction of sp³-hybridized carbons (Fsp3) is 0.733. The molecule has 0 unspecified atom stereocenters. The van der Waals surface area contributed by atoms with E-state index in [0.717, 1.165) is 12.3 Å². The molecule has 0 heterocycles. The largest absolute Gasteiger partial charge is 0.498 e. The SMILES string of the molecule is CC(C)C/C=C/C/C=C/OC1CCCCC1. The van der Waals surface area contributed by atoms with Crippen molar-refractivity contribution in [3.63, 3.8) is 0 Å². The first-order chi connectivity index (χ1) is 7.79. The number of allylic oxidation sites excluding steroid dienone is 3. The van der Waals surface area contributed by atoms with E-state index in [4.69, 9.17) is 4.74 Å². The van der Waals surface area contributed by atoms with Crippen LogP contribution in [-0.2, 0) is 4.74 Å². The molecular formula is C15H26O. The molecule has 0 radical (unpaired) electrons. The molecule has 1 nitrogen and oxygen atoms in total. The van der Waals surface area contributed by atoms with Crippen molar-refractivity contribution in [3.8, 4) is 0 Å². The van der Waals surface area contributed by atoms with Gasteiger partial charge in [-0.1, -0.05) is 32.4 Å². The zero-order chi connectivity index (χ0) is 11.6. The van der Waals surface area contributed by atoms with Crippen LogP contribution in [0, 0.1) is 5.92 Å². The van der Waals surface area contributed by atoms with Gasteiger partial charge in [0.25, 0.3) is 0 Å². The summed E-state index contributed by atoms with van der Waals surface area (Å²) in [7, 11) is 0. The zero-order valence-corrected chi connectivity index (χ0v) is 10.8. The lowest BCUT2D eigenvalue weighted by Gasteiger charge is -2.20. The number of ether oxygens (including phenoxy) is 1. The maximum Gasteiger partial charge on any atom is 0.0978 e. The molecule has 1 fully saturated rings. The average Bonchev–Trinajstić information content (AvgIpc) is 2.29. The van der Waals surface area contributed by atoms with Crippen LogP contribution < -0.4 is 0 Å². The van der Waals surface area contributed by atoms with Gasteiger partial charge in [0.2, 0.25) is 0 Å². The third-order valence-corrected chi connectivity index (χ3v) is 2.97. The molecule has 92 valence electrons. The van der Waals surface area contributed by atoms with E-state index in [2.05, 4.69) is 32.1 Å². The Labute approximate surface area is 101 Å². The van der Waals surface area contributed by atoms with E-state index in [9.17, 15) is 0 Å². The molecule has 0 saturated heterocycles. The summed E-state index contributed by atoms with van der Waals surface area (Å²) in [5.41, 5.74) is 0. The Morgan fingerprint density at radius 2 is 1.81 bits per heavy atom. The van der Waals surface area contributed by atoms with Crippen molar-refractivity contribution >= 4 is 0 Å². The minimum absolute atomic E-state index is 0.490. The molecule has 1 rings (SSSR count). The van der Waals surface area contributed by atoms with Crippen LogP contribution in [0.4, 0.5) is 0 Å². The van der Waals surface area contributed by atoms with E-state index >= 15 is 0 Å². The lowest BCUT2D eigenvalue weighted by Crippen LogP contribution is -2.13. The van der Waals surface area contributed by atoms with Crippen LogP contribution in [0.2, 0.25) is 0 Å². The first kappa shape index (κ1) is 13.3. The van der Waals surface area contributed by atoms with Crippen LogP contribution in [0.15, 0.2) is 24.5 Å². The second-order valence-electron chi connectivity index (χ2n) is 5.10. The average molecular weight is 222 g/mol. The first-order valence-electron chi connectivity index (χ1n) is 6.74. The van der Waals surface area contributed by atoms with Crippen LogP contribution in [0.25, 0.3) is 0 Å². The lowest BCUT2D eigenvalue weighted by atomic mass is 9.98. The summed E-state index contributed by atoms with van der Waals surface area (Å²) in [6, 6.07) is 0. The standard InChI is InChI=1S/C15H26O/c1-14(2)10-6-3-4-9-13-16-15-11-7-5-8-12-15/h3,6,9,13-15H,4-5,7-8,10-12H2,1-2H3/b6-3+,13-9+. The second kappa shape index (κ2) is 8.43. The summed E-state index contributed by atoms with van der Waals surface area (Å²) in [6.07, 6.45) is 17.7.